The van der Waals surface area contributed by atoms with Gasteiger partial charge in [-0.2, -0.15) is 0 Å². The molecule has 1 atom stereocenters. The minimum Gasteiger partial charge on any atom is -0.480 e. The van der Waals surface area contributed by atoms with Gasteiger partial charge in [0.1, 0.15) is 6.04 Å². The third-order valence-electron chi connectivity index (χ3n) is 3.09. The van der Waals surface area contributed by atoms with Gasteiger partial charge in [-0.3, -0.25) is 9.59 Å². The van der Waals surface area contributed by atoms with Crippen LogP contribution in [0.25, 0.3) is 0 Å². The summed E-state index contributed by atoms with van der Waals surface area (Å²) in [5, 5.41) is 14.2. The second-order valence-electron chi connectivity index (χ2n) is 4.69. The molecule has 7 nitrogen and oxygen atoms in total. The van der Waals surface area contributed by atoms with Gasteiger partial charge in [0.25, 0.3) is 5.91 Å². The molecule has 1 aliphatic rings. The lowest BCUT2D eigenvalue weighted by molar-refractivity contribution is -0.139. The van der Waals surface area contributed by atoms with E-state index >= 15 is 0 Å². The molecule has 118 valence electrons. The number of ether oxygens (including phenoxy) is 1. The van der Waals surface area contributed by atoms with Crippen molar-refractivity contribution in [1.82, 2.24) is 5.32 Å². The van der Waals surface area contributed by atoms with Crippen LogP contribution in [0.15, 0.2) is 23.1 Å². The average Bonchev–Trinajstić information content (AvgIpc) is 2.50. The van der Waals surface area contributed by atoms with Gasteiger partial charge >= 0.3 is 5.97 Å². The van der Waals surface area contributed by atoms with Crippen LogP contribution in [0.1, 0.15) is 16.8 Å². The molecule has 0 radical (unpaired) electrons. The SMILES string of the molecule is COCC[C@H](NC(=O)c1ccc2c(c1)NC(=O)CS2)C(=O)O. The second-order valence-corrected chi connectivity index (χ2v) is 5.71. The predicted molar refractivity (Wildman–Crippen MR) is 81.2 cm³/mol. The Labute approximate surface area is 131 Å². The molecule has 1 aromatic carbocycles. The zero-order valence-corrected chi connectivity index (χ0v) is 12.7. The molecule has 22 heavy (non-hydrogen) atoms. The number of carbonyl (C=O) groups is 3. The highest BCUT2D eigenvalue weighted by Gasteiger charge is 2.22. The summed E-state index contributed by atoms with van der Waals surface area (Å²) in [6.45, 7) is 0.230. The highest BCUT2D eigenvalue weighted by Crippen LogP contribution is 2.31. The standard InChI is InChI=1S/C14H16N2O5S/c1-21-5-4-9(14(19)20)16-13(18)8-2-3-11-10(6-8)15-12(17)7-22-11/h2-3,6,9H,4-5,7H2,1H3,(H,15,17)(H,16,18)(H,19,20)/t9-/m0/s1. The number of amides is 2. The van der Waals surface area contributed by atoms with E-state index in [0.29, 0.717) is 17.0 Å². The van der Waals surface area contributed by atoms with Gasteiger partial charge in [0.2, 0.25) is 5.91 Å². The summed E-state index contributed by atoms with van der Waals surface area (Å²) in [6.07, 6.45) is 0.176. The third-order valence-corrected chi connectivity index (χ3v) is 4.16. The summed E-state index contributed by atoms with van der Waals surface area (Å²) in [5.74, 6) is -1.40. The fraction of sp³-hybridized carbons (Fsp3) is 0.357. The molecule has 1 aromatic rings. The van der Waals surface area contributed by atoms with Crippen molar-refractivity contribution >= 4 is 35.2 Å². The molecule has 1 heterocycles. The van der Waals surface area contributed by atoms with Crippen molar-refractivity contribution in [3.63, 3.8) is 0 Å². The summed E-state index contributed by atoms with van der Waals surface area (Å²) in [5.41, 5.74) is 0.864. The Morgan fingerprint density at radius 2 is 2.27 bits per heavy atom. The first-order valence-electron chi connectivity index (χ1n) is 6.60. The Morgan fingerprint density at radius 3 is 2.95 bits per heavy atom. The first-order chi connectivity index (χ1) is 10.5. The van der Waals surface area contributed by atoms with E-state index in [1.165, 1.54) is 18.9 Å². The minimum absolute atomic E-state index is 0.126. The number of methoxy groups -OCH3 is 1. The van der Waals surface area contributed by atoms with E-state index in [4.69, 9.17) is 9.84 Å². The molecule has 0 saturated heterocycles. The molecule has 0 aromatic heterocycles. The monoisotopic (exact) mass is 324 g/mol. The van der Waals surface area contributed by atoms with Crippen LogP contribution >= 0.6 is 11.8 Å². The van der Waals surface area contributed by atoms with Crippen molar-refractivity contribution in [2.45, 2.75) is 17.4 Å². The predicted octanol–water partition coefficient (Wildman–Crippen LogP) is 0.950. The van der Waals surface area contributed by atoms with Crippen molar-refractivity contribution in [2.75, 3.05) is 24.8 Å². The molecular formula is C14H16N2O5S. The average molecular weight is 324 g/mol. The lowest BCUT2D eigenvalue weighted by Gasteiger charge is -2.18. The zero-order valence-electron chi connectivity index (χ0n) is 11.9. The van der Waals surface area contributed by atoms with Crippen LogP contribution in [-0.2, 0) is 14.3 Å². The molecule has 0 fully saturated rings. The normalized spacial score (nSPS) is 14.7. The summed E-state index contributed by atoms with van der Waals surface area (Å²) < 4.78 is 4.83. The summed E-state index contributed by atoms with van der Waals surface area (Å²) in [6, 6.07) is 3.87. The fourth-order valence-corrected chi connectivity index (χ4v) is 2.75. The molecule has 2 rings (SSSR count). The van der Waals surface area contributed by atoms with E-state index in [1.54, 1.807) is 18.2 Å². The van der Waals surface area contributed by atoms with E-state index in [2.05, 4.69) is 10.6 Å². The van der Waals surface area contributed by atoms with Crippen molar-refractivity contribution in [1.29, 1.82) is 0 Å². The maximum Gasteiger partial charge on any atom is 0.326 e. The molecule has 0 bridgehead atoms. The molecule has 8 heteroatoms. The molecule has 0 spiro atoms. The number of nitrogens with one attached hydrogen (secondary N) is 2. The Balaban J connectivity index is 2.10. The van der Waals surface area contributed by atoms with Gasteiger partial charge in [0.05, 0.1) is 11.4 Å². The number of carbonyl (C=O) groups excluding carboxylic acids is 2. The highest BCUT2D eigenvalue weighted by molar-refractivity contribution is 8.00. The van der Waals surface area contributed by atoms with Crippen molar-refractivity contribution in [3.8, 4) is 0 Å². The molecule has 0 saturated carbocycles. The van der Waals surface area contributed by atoms with Gasteiger partial charge in [-0.1, -0.05) is 0 Å². The third kappa shape index (κ3) is 3.99. The fourth-order valence-electron chi connectivity index (χ4n) is 1.96. The number of carboxylic acid groups (broad SMARTS) is 1. The molecule has 2 amide bonds. The number of hydrogen-bond donors (Lipinski definition) is 3. The Morgan fingerprint density at radius 1 is 1.50 bits per heavy atom. The van der Waals surface area contributed by atoms with Gasteiger partial charge in [-0.15, -0.1) is 11.8 Å². The number of carboxylic acids is 1. The summed E-state index contributed by atoms with van der Waals surface area (Å²) in [7, 11) is 1.46. The van der Waals surface area contributed by atoms with Crippen molar-refractivity contribution in [3.05, 3.63) is 23.8 Å². The Hall–Kier alpha value is -2.06. The van der Waals surface area contributed by atoms with Crippen LogP contribution in [0.5, 0.6) is 0 Å². The number of rotatable bonds is 6. The molecule has 0 unspecified atom stereocenters. The van der Waals surface area contributed by atoms with Crippen LogP contribution < -0.4 is 10.6 Å². The molecular weight excluding hydrogens is 308 g/mol. The van der Waals surface area contributed by atoms with Gasteiger partial charge in [0, 0.05) is 30.6 Å². The van der Waals surface area contributed by atoms with Gasteiger partial charge < -0.3 is 20.5 Å². The Kier molecular flexibility index (Phi) is 5.40. The maximum absolute atomic E-state index is 12.2. The first kappa shape index (κ1) is 16.3. The lowest BCUT2D eigenvalue weighted by Crippen LogP contribution is -2.41. The number of thioether (sulfide) groups is 1. The van der Waals surface area contributed by atoms with E-state index in [1.807, 2.05) is 0 Å². The quantitative estimate of drug-likeness (QED) is 0.719. The second kappa shape index (κ2) is 7.28. The zero-order chi connectivity index (χ0) is 16.1. The topological polar surface area (TPSA) is 105 Å². The van der Waals surface area contributed by atoms with Crippen LogP contribution in [0.3, 0.4) is 0 Å². The summed E-state index contributed by atoms with van der Waals surface area (Å²) >= 11 is 1.39. The number of aliphatic carboxylic acids is 1. The van der Waals surface area contributed by atoms with Gasteiger partial charge in [-0.25, -0.2) is 4.79 Å². The van der Waals surface area contributed by atoms with E-state index < -0.39 is 17.9 Å². The van der Waals surface area contributed by atoms with E-state index in [0.717, 1.165) is 4.90 Å². The molecule has 1 aliphatic heterocycles. The number of anilines is 1. The largest absolute Gasteiger partial charge is 0.480 e. The Bertz CT molecular complexity index is 605. The smallest absolute Gasteiger partial charge is 0.326 e. The minimum atomic E-state index is -1.12. The van der Waals surface area contributed by atoms with Gasteiger partial charge in [0.15, 0.2) is 0 Å². The number of fused-ring (bicyclic) bond motifs is 1. The molecule has 3 N–H and O–H groups in total. The number of hydrogen-bond acceptors (Lipinski definition) is 5. The number of benzene rings is 1. The van der Waals surface area contributed by atoms with E-state index in [-0.39, 0.29) is 18.9 Å². The van der Waals surface area contributed by atoms with Crippen LogP contribution in [0.4, 0.5) is 5.69 Å². The van der Waals surface area contributed by atoms with Crippen molar-refractivity contribution < 1.29 is 24.2 Å². The first-order valence-corrected chi connectivity index (χ1v) is 7.59. The van der Waals surface area contributed by atoms with Crippen LogP contribution in [-0.4, -0.2) is 48.4 Å². The van der Waals surface area contributed by atoms with Crippen LogP contribution in [0.2, 0.25) is 0 Å². The lowest BCUT2D eigenvalue weighted by atomic mass is 10.1. The summed E-state index contributed by atoms with van der Waals surface area (Å²) in [4.78, 5) is 35.5. The highest BCUT2D eigenvalue weighted by atomic mass is 32.2. The van der Waals surface area contributed by atoms with Gasteiger partial charge in [-0.05, 0) is 18.2 Å². The van der Waals surface area contributed by atoms with Crippen LogP contribution in [0, 0.1) is 0 Å². The molecule has 0 aliphatic carbocycles. The maximum atomic E-state index is 12.2. The van der Waals surface area contributed by atoms with Crippen molar-refractivity contribution in [2.24, 2.45) is 0 Å². The van der Waals surface area contributed by atoms with E-state index in [9.17, 15) is 14.4 Å².